The Kier molecular flexibility index (Phi) is 4.57. The Balaban J connectivity index is 2.14. The van der Waals surface area contributed by atoms with Crippen molar-refractivity contribution >= 4 is 21.4 Å². The molecule has 0 atom stereocenters. The third-order valence-corrected chi connectivity index (χ3v) is 6.07. The van der Waals surface area contributed by atoms with E-state index in [1.807, 2.05) is 0 Å². The molecule has 138 valence electrons. The second-order valence-electron chi connectivity index (χ2n) is 6.03. The third-order valence-electron chi connectivity index (χ3n) is 4.28. The molecular weight excluding hydrogens is 363 g/mol. The number of halogens is 1. The van der Waals surface area contributed by atoms with Gasteiger partial charge in [-0.05, 0) is 49.1 Å². The Hall–Kier alpha value is -2.68. The van der Waals surface area contributed by atoms with Gasteiger partial charge in [-0.3, -0.25) is 14.4 Å². The average Bonchev–Trinajstić information content (AvgIpc) is 2.60. The van der Waals surface area contributed by atoms with Crippen molar-refractivity contribution in [3.63, 3.8) is 0 Å². The highest BCUT2D eigenvalue weighted by atomic mass is 32.2. The van der Waals surface area contributed by atoms with Crippen molar-refractivity contribution in [3.05, 3.63) is 57.4 Å². The zero-order valence-electron chi connectivity index (χ0n) is 14.2. The number of rotatable bonds is 4. The SMILES string of the molecule is COc1ccc(S(=O)(=O)N2CCCc3cc(C)cc(F)c32)cc1[N+](=O)[O-]. The van der Waals surface area contributed by atoms with Gasteiger partial charge in [-0.15, -0.1) is 0 Å². The van der Waals surface area contributed by atoms with E-state index < -0.39 is 26.5 Å². The van der Waals surface area contributed by atoms with Crippen LogP contribution in [0.15, 0.2) is 35.2 Å². The maximum absolute atomic E-state index is 14.5. The van der Waals surface area contributed by atoms with Gasteiger partial charge in [-0.1, -0.05) is 6.07 Å². The summed E-state index contributed by atoms with van der Waals surface area (Å²) in [5.74, 6) is -0.666. The zero-order valence-corrected chi connectivity index (χ0v) is 15.0. The summed E-state index contributed by atoms with van der Waals surface area (Å²) in [6.07, 6.45) is 1.11. The molecule has 0 bridgehead atoms. The highest BCUT2D eigenvalue weighted by Gasteiger charge is 2.33. The monoisotopic (exact) mass is 380 g/mol. The van der Waals surface area contributed by atoms with Crippen LogP contribution >= 0.6 is 0 Å². The van der Waals surface area contributed by atoms with E-state index in [9.17, 15) is 22.9 Å². The van der Waals surface area contributed by atoms with Crippen molar-refractivity contribution in [1.29, 1.82) is 0 Å². The molecule has 0 radical (unpaired) electrons. The minimum atomic E-state index is -4.16. The summed E-state index contributed by atoms with van der Waals surface area (Å²) in [5.41, 5.74) is 0.872. The molecule has 2 aromatic carbocycles. The van der Waals surface area contributed by atoms with Crippen LogP contribution in [-0.2, 0) is 16.4 Å². The van der Waals surface area contributed by atoms with Crippen molar-refractivity contribution in [2.75, 3.05) is 18.0 Å². The van der Waals surface area contributed by atoms with Gasteiger partial charge in [0.15, 0.2) is 5.75 Å². The summed E-state index contributed by atoms with van der Waals surface area (Å²) < 4.78 is 46.5. The highest BCUT2D eigenvalue weighted by Crippen LogP contribution is 2.37. The fourth-order valence-electron chi connectivity index (χ4n) is 3.14. The zero-order chi connectivity index (χ0) is 19.1. The fraction of sp³-hybridized carbons (Fsp3) is 0.294. The van der Waals surface area contributed by atoms with Crippen LogP contribution in [0.3, 0.4) is 0 Å². The van der Waals surface area contributed by atoms with Gasteiger partial charge in [0.1, 0.15) is 5.82 Å². The Labute approximate surface area is 150 Å². The van der Waals surface area contributed by atoms with Gasteiger partial charge in [0.05, 0.1) is 22.6 Å². The summed E-state index contributed by atoms with van der Waals surface area (Å²) in [6.45, 7) is 1.85. The van der Waals surface area contributed by atoms with Crippen LogP contribution in [0.25, 0.3) is 0 Å². The molecule has 1 heterocycles. The first-order chi connectivity index (χ1) is 12.3. The summed E-state index contributed by atoms with van der Waals surface area (Å²) in [4.78, 5) is 10.2. The van der Waals surface area contributed by atoms with Gasteiger partial charge in [-0.2, -0.15) is 0 Å². The molecule has 0 aromatic heterocycles. The molecule has 7 nitrogen and oxygen atoms in total. The molecule has 0 saturated heterocycles. The standard InChI is InChI=1S/C17H17FN2O5S/c1-11-8-12-4-3-7-19(17(12)14(18)9-11)26(23,24)13-5-6-16(25-2)15(10-13)20(21)22/h5-6,8-10H,3-4,7H2,1-2H3. The summed E-state index contributed by atoms with van der Waals surface area (Å²) in [7, 11) is -2.90. The van der Waals surface area contributed by atoms with E-state index in [0.717, 1.165) is 10.4 Å². The number of nitro groups is 1. The Morgan fingerprint density at radius 1 is 1.27 bits per heavy atom. The molecule has 0 spiro atoms. The maximum atomic E-state index is 14.5. The number of aryl methyl sites for hydroxylation is 2. The lowest BCUT2D eigenvalue weighted by atomic mass is 10.0. The van der Waals surface area contributed by atoms with E-state index in [2.05, 4.69) is 0 Å². The van der Waals surface area contributed by atoms with Crippen LogP contribution in [-0.4, -0.2) is 27.0 Å². The number of anilines is 1. The second kappa shape index (κ2) is 6.56. The smallest absolute Gasteiger partial charge is 0.312 e. The van der Waals surface area contributed by atoms with E-state index in [1.165, 1.54) is 25.3 Å². The number of sulfonamides is 1. The van der Waals surface area contributed by atoms with Crippen molar-refractivity contribution in [2.45, 2.75) is 24.7 Å². The van der Waals surface area contributed by atoms with Gasteiger partial charge < -0.3 is 4.74 Å². The molecule has 26 heavy (non-hydrogen) atoms. The van der Waals surface area contributed by atoms with Gasteiger partial charge in [0.25, 0.3) is 10.0 Å². The van der Waals surface area contributed by atoms with Gasteiger partial charge in [0, 0.05) is 12.6 Å². The molecule has 0 amide bonds. The van der Waals surface area contributed by atoms with E-state index in [0.29, 0.717) is 24.0 Å². The summed E-state index contributed by atoms with van der Waals surface area (Å²) >= 11 is 0. The molecule has 1 aliphatic heterocycles. The Bertz CT molecular complexity index is 991. The minimum Gasteiger partial charge on any atom is -0.490 e. The van der Waals surface area contributed by atoms with E-state index in [4.69, 9.17) is 4.74 Å². The molecule has 0 N–H and O–H groups in total. The molecule has 0 aliphatic carbocycles. The first-order valence-corrected chi connectivity index (χ1v) is 9.34. The average molecular weight is 380 g/mol. The number of fused-ring (bicyclic) bond motifs is 1. The van der Waals surface area contributed by atoms with Crippen LogP contribution in [0.2, 0.25) is 0 Å². The van der Waals surface area contributed by atoms with Crippen molar-refractivity contribution in [1.82, 2.24) is 0 Å². The van der Waals surface area contributed by atoms with Crippen molar-refractivity contribution in [2.24, 2.45) is 0 Å². The van der Waals surface area contributed by atoms with Crippen LogP contribution in [0, 0.1) is 22.9 Å². The molecular formula is C17H17FN2O5S. The number of hydrogen-bond donors (Lipinski definition) is 0. The second-order valence-corrected chi connectivity index (χ2v) is 7.89. The molecule has 0 unspecified atom stereocenters. The Morgan fingerprint density at radius 2 is 2.00 bits per heavy atom. The maximum Gasteiger partial charge on any atom is 0.312 e. The first kappa shape index (κ1) is 18.1. The van der Waals surface area contributed by atoms with Gasteiger partial charge in [0.2, 0.25) is 0 Å². The minimum absolute atomic E-state index is 0.0142. The normalized spacial score (nSPS) is 14.0. The largest absolute Gasteiger partial charge is 0.490 e. The summed E-state index contributed by atoms with van der Waals surface area (Å²) in [6, 6.07) is 6.43. The van der Waals surface area contributed by atoms with Crippen LogP contribution in [0.1, 0.15) is 17.5 Å². The van der Waals surface area contributed by atoms with Crippen LogP contribution in [0.5, 0.6) is 5.75 Å². The fourth-order valence-corrected chi connectivity index (χ4v) is 4.71. The number of methoxy groups -OCH3 is 1. The predicted octanol–water partition coefficient (Wildman–Crippen LogP) is 3.19. The lowest BCUT2D eigenvalue weighted by Crippen LogP contribution is -2.36. The topological polar surface area (TPSA) is 89.8 Å². The predicted molar refractivity (Wildman–Crippen MR) is 93.6 cm³/mol. The van der Waals surface area contributed by atoms with Crippen molar-refractivity contribution < 1.29 is 22.5 Å². The Morgan fingerprint density at radius 3 is 2.65 bits per heavy atom. The summed E-state index contributed by atoms with van der Waals surface area (Å²) in [5, 5.41) is 11.2. The van der Waals surface area contributed by atoms with Crippen LogP contribution in [0.4, 0.5) is 15.8 Å². The van der Waals surface area contributed by atoms with Crippen molar-refractivity contribution in [3.8, 4) is 5.75 Å². The number of ether oxygens (including phenoxy) is 1. The third kappa shape index (κ3) is 2.98. The molecule has 2 aromatic rings. The van der Waals surface area contributed by atoms with Crippen LogP contribution < -0.4 is 9.04 Å². The highest BCUT2D eigenvalue weighted by molar-refractivity contribution is 7.92. The van der Waals surface area contributed by atoms with Gasteiger partial charge >= 0.3 is 5.69 Å². The number of hydrogen-bond acceptors (Lipinski definition) is 5. The lowest BCUT2D eigenvalue weighted by Gasteiger charge is -2.31. The molecule has 1 aliphatic rings. The molecule has 9 heteroatoms. The number of benzene rings is 2. The number of nitro benzene ring substituents is 1. The first-order valence-electron chi connectivity index (χ1n) is 7.90. The number of nitrogens with zero attached hydrogens (tertiary/aromatic N) is 2. The molecule has 0 fully saturated rings. The van der Waals surface area contributed by atoms with E-state index in [1.54, 1.807) is 13.0 Å². The quantitative estimate of drug-likeness (QED) is 0.600. The van der Waals surface area contributed by atoms with E-state index in [-0.39, 0.29) is 22.9 Å². The van der Waals surface area contributed by atoms with E-state index >= 15 is 0 Å². The van der Waals surface area contributed by atoms with Gasteiger partial charge in [-0.25, -0.2) is 12.8 Å². The molecule has 3 rings (SSSR count). The molecule has 0 saturated carbocycles. The lowest BCUT2D eigenvalue weighted by molar-refractivity contribution is -0.386.